The van der Waals surface area contributed by atoms with Crippen LogP contribution in [0.1, 0.15) is 29.5 Å². The van der Waals surface area contributed by atoms with Gasteiger partial charge in [-0.15, -0.1) is 0 Å². The third-order valence-corrected chi connectivity index (χ3v) is 8.60. The van der Waals surface area contributed by atoms with E-state index in [4.69, 9.17) is 27.9 Å². The lowest BCUT2D eigenvalue weighted by Gasteiger charge is -2.37. The van der Waals surface area contributed by atoms with Crippen LogP contribution in [0.2, 0.25) is 10.0 Å². The van der Waals surface area contributed by atoms with Gasteiger partial charge in [0, 0.05) is 22.7 Å². The van der Waals surface area contributed by atoms with Crippen molar-refractivity contribution in [2.75, 3.05) is 23.9 Å². The Kier molecular flexibility index (Phi) is 4.63. The summed E-state index contributed by atoms with van der Waals surface area (Å²) in [5, 5.41) is 3.86. The Morgan fingerprint density at radius 1 is 1.06 bits per heavy atom. The summed E-state index contributed by atoms with van der Waals surface area (Å²) < 4.78 is 5.49. The Bertz CT molecular complexity index is 1310. The summed E-state index contributed by atoms with van der Waals surface area (Å²) in [6, 6.07) is 6.81. The monoisotopic (exact) mass is 499 g/mol. The quantitative estimate of drug-likeness (QED) is 0.630. The summed E-state index contributed by atoms with van der Waals surface area (Å²) in [5.41, 5.74) is 1.91. The van der Waals surface area contributed by atoms with Crippen LogP contribution in [0.15, 0.2) is 24.3 Å². The fourth-order valence-corrected chi connectivity index (χ4v) is 7.09. The standard InChI is InChI=1S/C25H23Cl2N3O4/c1-11-7-13-21(15(27)8-11)28-24(33)25(13)20-19(16-5-4-6-29(16)25)22(31)30(23(20)32)17-9-12(2)14(26)10-18(17)34-3/h7-10,16,19-20H,4-6H2,1-3H3,(H,28,33). The number of carbonyl (C=O) groups excluding carboxylic acids is 3. The van der Waals surface area contributed by atoms with Gasteiger partial charge in [-0.05, 0) is 56.5 Å². The zero-order chi connectivity index (χ0) is 24.1. The van der Waals surface area contributed by atoms with E-state index in [1.165, 1.54) is 12.0 Å². The summed E-state index contributed by atoms with van der Waals surface area (Å²) in [6.45, 7) is 4.36. The number of imide groups is 1. The van der Waals surface area contributed by atoms with E-state index < -0.39 is 23.3 Å². The molecule has 2 aromatic rings. The molecule has 4 aliphatic rings. The minimum atomic E-state index is -1.27. The average molecular weight is 500 g/mol. The SMILES string of the molecule is COc1cc(Cl)c(C)cc1N1C(=O)C2C3CCCN3C3(C(=O)Nc4c(Cl)cc(C)cc43)C2C1=O. The van der Waals surface area contributed by atoms with E-state index in [1.54, 1.807) is 18.2 Å². The van der Waals surface area contributed by atoms with Crippen molar-refractivity contribution in [2.24, 2.45) is 11.8 Å². The van der Waals surface area contributed by atoms with Crippen molar-refractivity contribution in [3.8, 4) is 5.75 Å². The van der Waals surface area contributed by atoms with Crippen molar-refractivity contribution < 1.29 is 19.1 Å². The molecule has 3 amide bonds. The number of nitrogens with one attached hydrogen (secondary N) is 1. The lowest BCUT2D eigenvalue weighted by atomic mass is 9.75. The van der Waals surface area contributed by atoms with E-state index in [-0.39, 0.29) is 17.9 Å². The van der Waals surface area contributed by atoms with E-state index in [0.717, 1.165) is 24.0 Å². The Morgan fingerprint density at radius 3 is 2.56 bits per heavy atom. The third-order valence-electron chi connectivity index (χ3n) is 7.90. The van der Waals surface area contributed by atoms with E-state index in [0.29, 0.717) is 39.3 Å². The minimum absolute atomic E-state index is 0.207. The molecule has 4 aliphatic heterocycles. The molecule has 1 N–H and O–H groups in total. The molecule has 1 spiro atoms. The molecule has 0 aromatic heterocycles. The molecule has 4 heterocycles. The minimum Gasteiger partial charge on any atom is -0.495 e. The zero-order valence-corrected chi connectivity index (χ0v) is 20.5. The lowest BCUT2D eigenvalue weighted by molar-refractivity contribution is -0.135. The molecular weight excluding hydrogens is 477 g/mol. The largest absolute Gasteiger partial charge is 0.495 e. The number of hydrogen-bond acceptors (Lipinski definition) is 5. The van der Waals surface area contributed by atoms with Crippen LogP contribution in [-0.2, 0) is 19.9 Å². The van der Waals surface area contributed by atoms with E-state index in [9.17, 15) is 14.4 Å². The number of fused-ring (bicyclic) bond motifs is 7. The number of nitrogens with zero attached hydrogens (tertiary/aromatic N) is 2. The van der Waals surface area contributed by atoms with Crippen molar-refractivity contribution in [2.45, 2.75) is 38.3 Å². The summed E-state index contributed by atoms with van der Waals surface area (Å²) >= 11 is 12.8. The van der Waals surface area contributed by atoms with E-state index in [1.807, 2.05) is 19.9 Å². The predicted octanol–water partition coefficient (Wildman–Crippen LogP) is 4.05. The van der Waals surface area contributed by atoms with Crippen molar-refractivity contribution in [3.63, 3.8) is 0 Å². The molecule has 3 saturated heterocycles. The van der Waals surface area contributed by atoms with Gasteiger partial charge < -0.3 is 10.1 Å². The smallest absolute Gasteiger partial charge is 0.250 e. The summed E-state index contributed by atoms with van der Waals surface area (Å²) in [7, 11) is 1.47. The Labute approximate surface area is 206 Å². The highest BCUT2D eigenvalue weighted by atomic mass is 35.5. The zero-order valence-electron chi connectivity index (χ0n) is 18.9. The van der Waals surface area contributed by atoms with Crippen molar-refractivity contribution in [1.29, 1.82) is 0 Å². The van der Waals surface area contributed by atoms with Crippen LogP contribution in [0, 0.1) is 25.7 Å². The van der Waals surface area contributed by atoms with Crippen LogP contribution >= 0.6 is 23.2 Å². The fourth-order valence-electron chi connectivity index (χ4n) is 6.62. The number of halogens is 2. The first-order chi connectivity index (χ1) is 16.2. The maximum atomic E-state index is 14.2. The van der Waals surface area contributed by atoms with Gasteiger partial charge in [-0.1, -0.05) is 29.3 Å². The van der Waals surface area contributed by atoms with Gasteiger partial charge in [0.25, 0.3) is 5.91 Å². The molecule has 0 bridgehead atoms. The Morgan fingerprint density at radius 2 is 1.82 bits per heavy atom. The maximum Gasteiger partial charge on any atom is 0.250 e. The summed E-state index contributed by atoms with van der Waals surface area (Å²) in [6.07, 6.45) is 1.59. The molecular formula is C25H23Cl2N3O4. The molecule has 0 saturated carbocycles. The van der Waals surface area contributed by atoms with Gasteiger partial charge in [0.05, 0.1) is 35.3 Å². The topological polar surface area (TPSA) is 79.0 Å². The molecule has 3 fully saturated rings. The van der Waals surface area contributed by atoms with Crippen LogP contribution in [0.25, 0.3) is 0 Å². The number of carbonyl (C=O) groups is 3. The number of aryl methyl sites for hydroxylation is 2. The van der Waals surface area contributed by atoms with Crippen LogP contribution in [-0.4, -0.2) is 42.3 Å². The fraction of sp³-hybridized carbons (Fsp3) is 0.400. The second kappa shape index (κ2) is 7.20. The molecule has 34 heavy (non-hydrogen) atoms. The summed E-state index contributed by atoms with van der Waals surface area (Å²) in [5.74, 6) is -2.15. The lowest BCUT2D eigenvalue weighted by Crippen LogP contribution is -2.54. The molecule has 0 aliphatic carbocycles. The number of anilines is 2. The average Bonchev–Trinajstić information content (AvgIpc) is 3.49. The molecule has 176 valence electrons. The number of amides is 3. The maximum absolute atomic E-state index is 14.2. The number of hydrogen-bond donors (Lipinski definition) is 1. The second-order valence-electron chi connectivity index (χ2n) is 9.58. The Balaban J connectivity index is 1.58. The number of ether oxygens (including phenoxy) is 1. The number of rotatable bonds is 2. The van der Waals surface area contributed by atoms with Crippen LogP contribution in [0.3, 0.4) is 0 Å². The number of benzene rings is 2. The summed E-state index contributed by atoms with van der Waals surface area (Å²) in [4.78, 5) is 45.2. The highest BCUT2D eigenvalue weighted by Gasteiger charge is 2.75. The second-order valence-corrected chi connectivity index (χ2v) is 10.4. The van der Waals surface area contributed by atoms with Crippen molar-refractivity contribution in [1.82, 2.24) is 4.90 Å². The van der Waals surface area contributed by atoms with Gasteiger partial charge in [0.1, 0.15) is 11.3 Å². The Hall–Kier alpha value is -2.61. The highest BCUT2D eigenvalue weighted by Crippen LogP contribution is 2.62. The highest BCUT2D eigenvalue weighted by molar-refractivity contribution is 6.35. The molecule has 4 atom stereocenters. The van der Waals surface area contributed by atoms with Crippen LogP contribution < -0.4 is 15.0 Å². The molecule has 9 heteroatoms. The van der Waals surface area contributed by atoms with Gasteiger partial charge in [-0.3, -0.25) is 19.3 Å². The van der Waals surface area contributed by atoms with Crippen LogP contribution in [0.4, 0.5) is 11.4 Å². The van der Waals surface area contributed by atoms with Gasteiger partial charge in [0.15, 0.2) is 0 Å². The number of methoxy groups -OCH3 is 1. The van der Waals surface area contributed by atoms with Gasteiger partial charge in [-0.25, -0.2) is 4.90 Å². The van der Waals surface area contributed by atoms with Gasteiger partial charge >= 0.3 is 0 Å². The van der Waals surface area contributed by atoms with E-state index in [2.05, 4.69) is 10.2 Å². The predicted molar refractivity (Wildman–Crippen MR) is 128 cm³/mol. The molecule has 7 nitrogen and oxygen atoms in total. The molecule has 0 radical (unpaired) electrons. The van der Waals surface area contributed by atoms with Crippen LogP contribution in [0.5, 0.6) is 5.75 Å². The van der Waals surface area contributed by atoms with Crippen molar-refractivity contribution >= 4 is 52.3 Å². The first kappa shape index (κ1) is 21.9. The third kappa shape index (κ3) is 2.50. The first-order valence-electron chi connectivity index (χ1n) is 11.3. The molecule has 2 aromatic carbocycles. The molecule has 4 unspecified atom stereocenters. The van der Waals surface area contributed by atoms with Gasteiger partial charge in [-0.2, -0.15) is 0 Å². The van der Waals surface area contributed by atoms with E-state index >= 15 is 0 Å². The van der Waals surface area contributed by atoms with Crippen molar-refractivity contribution in [3.05, 3.63) is 51.0 Å². The normalized spacial score (nSPS) is 29.6. The van der Waals surface area contributed by atoms with Gasteiger partial charge in [0.2, 0.25) is 11.8 Å². The first-order valence-corrected chi connectivity index (χ1v) is 12.1. The molecule has 6 rings (SSSR count).